The van der Waals surface area contributed by atoms with Crippen molar-refractivity contribution in [3.63, 3.8) is 0 Å². The highest BCUT2D eigenvalue weighted by Crippen LogP contribution is 2.16. The van der Waals surface area contributed by atoms with Crippen LogP contribution in [0.1, 0.15) is 132 Å². The normalized spacial score (nSPS) is 15.7. The molecule has 0 aromatic heterocycles. The molecule has 46 nitrogen and oxygen atoms in total. The molecule has 0 aromatic rings. The van der Waals surface area contributed by atoms with Crippen LogP contribution in [0.3, 0.4) is 0 Å². The van der Waals surface area contributed by atoms with E-state index in [4.69, 9.17) is 114 Å². The summed E-state index contributed by atoms with van der Waals surface area (Å²) in [6.07, 6.45) is -24.7. The highest BCUT2D eigenvalue weighted by atomic mass is 16.7. The van der Waals surface area contributed by atoms with Crippen LogP contribution < -0.4 is 0 Å². The van der Waals surface area contributed by atoms with E-state index >= 15 is 0 Å². The fourth-order valence-corrected chi connectivity index (χ4v) is 7.41. The maximum absolute atomic E-state index is 12.7. The van der Waals surface area contributed by atoms with Gasteiger partial charge in [-0.05, 0) is 138 Å². The molecule has 46 heteroatoms. The van der Waals surface area contributed by atoms with Gasteiger partial charge in [0.15, 0.2) is 116 Å². The van der Waals surface area contributed by atoms with Crippen molar-refractivity contribution in [2.45, 2.75) is 248 Å². The molecule has 0 spiro atoms. The summed E-state index contributed by atoms with van der Waals surface area (Å²) < 4.78 is 124. The Morgan fingerprint density at radius 2 is 0.380 bits per heavy atom. The Kier molecular flexibility index (Phi) is 51.0. The van der Waals surface area contributed by atoms with E-state index in [1.54, 1.807) is 12.2 Å². The van der Waals surface area contributed by atoms with Crippen LogP contribution in [0.2, 0.25) is 0 Å². The lowest BCUT2D eigenvalue weighted by atomic mass is 10.3. The third-order valence-electron chi connectivity index (χ3n) is 14.4. The van der Waals surface area contributed by atoms with E-state index in [-0.39, 0.29) is 52.9 Å². The summed E-state index contributed by atoms with van der Waals surface area (Å²) >= 11 is 0. The zero-order chi connectivity index (χ0) is 92.7. The predicted molar refractivity (Wildman–Crippen MR) is 390 cm³/mol. The first-order valence-electron chi connectivity index (χ1n) is 36.7. The molecule has 0 saturated carbocycles. The lowest BCUT2D eigenvalue weighted by Crippen LogP contribution is -2.40. The summed E-state index contributed by atoms with van der Waals surface area (Å²) in [6, 6.07) is 0. The molecule has 0 amide bonds. The smallest absolute Gasteiger partial charge is 0.348 e. The second kappa shape index (κ2) is 56.8. The maximum Gasteiger partial charge on any atom is 0.348 e. The Morgan fingerprint density at radius 1 is 0.207 bits per heavy atom. The second-order valence-electron chi connectivity index (χ2n) is 24.9. The fourth-order valence-electron chi connectivity index (χ4n) is 7.41. The molecule has 19 atom stereocenters. The summed E-state index contributed by atoms with van der Waals surface area (Å²) in [5.74, 6) is -25.5. The van der Waals surface area contributed by atoms with Gasteiger partial charge in [-0.25, -0.2) is 101 Å². The highest BCUT2D eigenvalue weighted by Gasteiger charge is 2.38. The Labute approximate surface area is 692 Å². The van der Waals surface area contributed by atoms with E-state index in [1.807, 2.05) is 0 Å². The van der Waals surface area contributed by atoms with Gasteiger partial charge in [-0.1, -0.05) is 19.2 Å². The van der Waals surface area contributed by atoms with Crippen LogP contribution in [0.4, 0.5) is 0 Å². The maximum atomic E-state index is 12.7. The van der Waals surface area contributed by atoms with Crippen LogP contribution in [0, 0.1) is 0 Å². The van der Waals surface area contributed by atoms with Crippen molar-refractivity contribution in [1.82, 2.24) is 0 Å². The topological polar surface area (TPSA) is 589 Å². The molecule has 0 rings (SSSR count). The van der Waals surface area contributed by atoms with E-state index in [0.717, 1.165) is 124 Å². The van der Waals surface area contributed by atoms with Crippen molar-refractivity contribution in [2.24, 2.45) is 0 Å². The van der Waals surface area contributed by atoms with Crippen molar-refractivity contribution < 1.29 is 219 Å². The number of ether oxygens (including phenoxy) is 25. The third kappa shape index (κ3) is 44.2. The minimum Gasteiger partial charge on any atom is -0.498 e. The van der Waals surface area contributed by atoms with Gasteiger partial charge in [0.2, 0.25) is 0 Å². The minimum absolute atomic E-state index is 0.0154. The number of carbonyl (C=O) groups is 21. The van der Waals surface area contributed by atoms with Crippen LogP contribution in [-0.4, -0.2) is 294 Å². The van der Waals surface area contributed by atoms with Crippen LogP contribution in [0.25, 0.3) is 0 Å². The molecule has 0 heterocycles. The van der Waals surface area contributed by atoms with Gasteiger partial charge in [0.1, 0.15) is 19.8 Å². The van der Waals surface area contributed by atoms with Crippen LogP contribution in [0.5, 0.6) is 0 Å². The molecule has 121 heavy (non-hydrogen) atoms. The van der Waals surface area contributed by atoms with Gasteiger partial charge in [0, 0.05) is 12.2 Å². The average Bonchev–Trinajstić information content (AvgIpc) is 0.900. The molecular formula is C75H102O46. The molecule has 0 aromatic carbocycles. The molecule has 678 valence electrons. The van der Waals surface area contributed by atoms with E-state index in [0.29, 0.717) is 12.2 Å². The monoisotopic (exact) mass is 1740 g/mol. The van der Waals surface area contributed by atoms with Gasteiger partial charge in [-0.2, -0.15) is 0 Å². The first-order chi connectivity index (χ1) is 56.5. The predicted octanol–water partition coefficient (Wildman–Crippen LogP) is 0.241. The number of rotatable bonds is 55. The zero-order valence-corrected chi connectivity index (χ0v) is 69.8. The summed E-state index contributed by atoms with van der Waals surface area (Å²) in [6.45, 7) is 26.1. The minimum atomic E-state index is -1.77. The molecular weight excluding hydrogens is 1640 g/mol. The van der Waals surface area contributed by atoms with Crippen molar-refractivity contribution in [3.8, 4) is 0 Å². The molecule has 0 fully saturated rings. The Morgan fingerprint density at radius 3 is 0.587 bits per heavy atom. The first-order valence-corrected chi connectivity index (χ1v) is 36.7. The van der Waals surface area contributed by atoms with E-state index in [9.17, 15) is 101 Å². The summed E-state index contributed by atoms with van der Waals surface area (Å²) in [5.41, 5.74) is 0. The Balaban J connectivity index is 4.69. The summed E-state index contributed by atoms with van der Waals surface area (Å²) in [7, 11) is 0. The van der Waals surface area contributed by atoms with Crippen molar-refractivity contribution in [2.75, 3.05) is 52.9 Å². The number of esters is 21. The van der Waals surface area contributed by atoms with Crippen molar-refractivity contribution in [1.29, 1.82) is 0 Å². The second-order valence-corrected chi connectivity index (χ2v) is 24.9. The number of carbonyl (C=O) groups excluding carboxylic acids is 21. The lowest BCUT2D eigenvalue weighted by Gasteiger charge is -2.21. The number of hydrogen-bond donors (Lipinski definition) is 0. The highest BCUT2D eigenvalue weighted by molar-refractivity contribution is 5.94. The molecule has 0 N–H and O–H groups in total. The zero-order valence-electron chi connectivity index (χ0n) is 69.8. The Bertz CT molecular complexity index is 3670. The summed E-state index contributed by atoms with van der Waals surface area (Å²) in [5, 5.41) is 0. The number of hydrogen-bond acceptors (Lipinski definition) is 46. The van der Waals surface area contributed by atoms with Crippen molar-refractivity contribution >= 4 is 125 Å². The SMILES string of the molecule is C=COC/C=C\COC(C)C(=O)OC(C)C(=O)OC(C)C(=O)OC(C)C(=O)OC(C)C(=O)OC(C)C(=O)OC(C)C(=O)OC(C)C(=O)OC(C)C(=O)OCCOCCOCCOC(=O)C(C)OC(=O)C(C)OC(=O)C(C)OC(=O)C(C)OC(=O)C(C)OC(=O)C(C)OC(=O)C(C)OC(=O)C(C)OC(=O)C(C)OC(=O)C(C)OC(=O)/C=C\C(=O)OC=C. The van der Waals surface area contributed by atoms with Gasteiger partial charge in [-0.15, -0.1) is 0 Å². The van der Waals surface area contributed by atoms with E-state index < -0.39 is 241 Å². The molecule has 0 saturated heterocycles. The fraction of sp³-hybridized carbons (Fsp3) is 0.613. The van der Waals surface area contributed by atoms with Crippen LogP contribution >= 0.6 is 0 Å². The molecule has 0 radical (unpaired) electrons. The Hall–Kier alpha value is -12.5. The third-order valence-corrected chi connectivity index (χ3v) is 14.4. The summed E-state index contributed by atoms with van der Waals surface area (Å²) in [4.78, 5) is 263. The lowest BCUT2D eigenvalue weighted by molar-refractivity contribution is -0.190. The first kappa shape index (κ1) is 109. The standard InChI is InChI=1S/C75H102O46/c1-22-97-28-24-25-29-101-36(3)59(80)107-40(7)63(84)111-44(11)67(88)115-48(15)71(92)119-52(19)73(94)117-49(16)69(90)113-45(12)65(86)109-41(8)61(82)105-37(4)57(78)102-34-32-98-30-31-99-33-35-103-58(79)38(5)106-62(83)42(9)110-66(87)46(13)114-70(91)50(17)118-74(95)53(20)121-75(96)54(21)120-72(93)51(18)116-68(89)47(14)112-64(85)43(10)108-60(81)39(6)104-56(77)27-26-55(76)100-23-2/h22-27,36-54H,1-2,28-35H2,3-21H3/b25-24-,27-26-. The van der Waals surface area contributed by atoms with Gasteiger partial charge < -0.3 is 118 Å². The van der Waals surface area contributed by atoms with Gasteiger partial charge in [0.05, 0.1) is 45.6 Å². The average molecular weight is 1740 g/mol. The van der Waals surface area contributed by atoms with E-state index in [2.05, 4.69) is 17.9 Å². The quantitative estimate of drug-likeness (QED) is 0.0196. The molecule has 19 unspecified atom stereocenters. The van der Waals surface area contributed by atoms with Gasteiger partial charge in [-0.3, -0.25) is 0 Å². The van der Waals surface area contributed by atoms with Crippen molar-refractivity contribution in [3.05, 3.63) is 50.0 Å². The van der Waals surface area contributed by atoms with Crippen LogP contribution in [-0.2, 0) is 219 Å². The van der Waals surface area contributed by atoms with Gasteiger partial charge >= 0.3 is 125 Å². The molecule has 0 aliphatic rings. The molecule has 0 aliphatic heterocycles. The molecule has 0 aliphatic carbocycles. The van der Waals surface area contributed by atoms with E-state index in [1.165, 1.54) is 20.1 Å². The molecule has 0 bridgehead atoms. The van der Waals surface area contributed by atoms with Crippen LogP contribution in [0.15, 0.2) is 50.0 Å². The largest absolute Gasteiger partial charge is 0.498 e. The van der Waals surface area contributed by atoms with Gasteiger partial charge in [0.25, 0.3) is 0 Å².